The van der Waals surface area contributed by atoms with Crippen LogP contribution in [0.3, 0.4) is 0 Å². The van der Waals surface area contributed by atoms with Crippen molar-refractivity contribution in [3.05, 3.63) is 6.33 Å². The molecule has 2 aromatic heterocycles. The van der Waals surface area contributed by atoms with E-state index in [4.69, 9.17) is 9.47 Å². The summed E-state index contributed by atoms with van der Waals surface area (Å²) in [5.41, 5.74) is 1.45. The van der Waals surface area contributed by atoms with Gasteiger partial charge in [-0.25, -0.2) is 4.98 Å². The van der Waals surface area contributed by atoms with Crippen LogP contribution in [0.25, 0.3) is 11.2 Å². The molecule has 1 aliphatic heterocycles. The van der Waals surface area contributed by atoms with Gasteiger partial charge in [0, 0.05) is 13.1 Å². The molecular formula is C13H20N6O2. The molecule has 2 aromatic rings. The van der Waals surface area contributed by atoms with Crippen LogP contribution < -0.4 is 10.6 Å². The number of nitrogens with one attached hydrogen (secondary N) is 3. The highest BCUT2D eigenvalue weighted by Crippen LogP contribution is 2.18. The fourth-order valence-electron chi connectivity index (χ4n) is 2.14. The van der Waals surface area contributed by atoms with Crippen LogP contribution in [0.5, 0.6) is 0 Å². The lowest BCUT2D eigenvalue weighted by atomic mass is 10.3. The average molecular weight is 292 g/mol. The molecule has 0 aromatic carbocycles. The lowest BCUT2D eigenvalue weighted by molar-refractivity contribution is -0.0819. The van der Waals surface area contributed by atoms with Crippen LogP contribution in [-0.4, -0.2) is 59.0 Å². The van der Waals surface area contributed by atoms with Gasteiger partial charge >= 0.3 is 0 Å². The summed E-state index contributed by atoms with van der Waals surface area (Å²) in [7, 11) is 0. The maximum absolute atomic E-state index is 5.62. The molecular weight excluding hydrogens is 272 g/mol. The first-order chi connectivity index (χ1) is 10.4. The number of rotatable bonds is 6. The molecule has 0 radical (unpaired) electrons. The Morgan fingerprint density at radius 1 is 1.33 bits per heavy atom. The average Bonchev–Trinajstić information content (AvgIpc) is 3.00. The van der Waals surface area contributed by atoms with E-state index in [-0.39, 0.29) is 6.10 Å². The Hall–Kier alpha value is -1.93. The molecule has 0 saturated carbocycles. The highest BCUT2D eigenvalue weighted by molar-refractivity contribution is 5.83. The first-order valence-electron chi connectivity index (χ1n) is 7.25. The maximum Gasteiger partial charge on any atom is 0.226 e. The Kier molecular flexibility index (Phi) is 4.46. The smallest absolute Gasteiger partial charge is 0.226 e. The van der Waals surface area contributed by atoms with Gasteiger partial charge in [0.2, 0.25) is 5.95 Å². The predicted molar refractivity (Wildman–Crippen MR) is 79.5 cm³/mol. The lowest BCUT2D eigenvalue weighted by Gasteiger charge is -2.23. The number of imidazole rings is 1. The zero-order valence-electron chi connectivity index (χ0n) is 12.1. The van der Waals surface area contributed by atoms with Crippen molar-refractivity contribution in [3.63, 3.8) is 0 Å². The van der Waals surface area contributed by atoms with Gasteiger partial charge in [-0.3, -0.25) is 0 Å². The number of hydrogen-bond donors (Lipinski definition) is 3. The van der Waals surface area contributed by atoms with Gasteiger partial charge in [0.1, 0.15) is 5.52 Å². The summed E-state index contributed by atoms with van der Waals surface area (Å²) >= 11 is 0. The lowest BCUT2D eigenvalue weighted by Crippen LogP contribution is -2.34. The highest BCUT2D eigenvalue weighted by Gasteiger charge is 2.16. The molecule has 8 nitrogen and oxygen atoms in total. The third kappa shape index (κ3) is 3.40. The van der Waals surface area contributed by atoms with E-state index in [1.54, 1.807) is 6.33 Å². The van der Waals surface area contributed by atoms with Crippen molar-refractivity contribution in [3.8, 4) is 0 Å². The van der Waals surface area contributed by atoms with E-state index >= 15 is 0 Å². The molecule has 1 aliphatic rings. The van der Waals surface area contributed by atoms with E-state index in [1.807, 2.05) is 0 Å². The normalized spacial score (nSPS) is 18.8. The third-order valence-corrected chi connectivity index (χ3v) is 3.20. The summed E-state index contributed by atoms with van der Waals surface area (Å²) in [6.45, 7) is 5.47. The molecule has 1 saturated heterocycles. The van der Waals surface area contributed by atoms with Gasteiger partial charge in [0.05, 0.1) is 32.3 Å². The molecule has 1 unspecified atom stereocenters. The number of ether oxygens (including phenoxy) is 2. The number of anilines is 2. The van der Waals surface area contributed by atoms with Crippen molar-refractivity contribution in [2.45, 2.75) is 19.4 Å². The third-order valence-electron chi connectivity index (χ3n) is 3.20. The Morgan fingerprint density at radius 2 is 2.29 bits per heavy atom. The van der Waals surface area contributed by atoms with E-state index in [2.05, 4.69) is 37.5 Å². The topological polar surface area (TPSA) is 97.0 Å². The Labute approximate surface area is 122 Å². The fraction of sp³-hybridized carbons (Fsp3) is 0.615. The first-order valence-corrected chi connectivity index (χ1v) is 7.25. The molecule has 0 amide bonds. The molecule has 3 N–H and O–H groups in total. The standard InChI is InChI=1S/C13H20N6O2/c1-2-3-14-13-18-11(10-12(19-13)17-8-16-10)15-6-9-7-20-4-5-21-9/h8-9H,2-7H2,1H3,(H3,14,15,16,17,18,19). The van der Waals surface area contributed by atoms with Crippen molar-refractivity contribution < 1.29 is 9.47 Å². The molecule has 114 valence electrons. The molecule has 0 aliphatic carbocycles. The zero-order valence-corrected chi connectivity index (χ0v) is 12.1. The zero-order chi connectivity index (χ0) is 14.5. The van der Waals surface area contributed by atoms with Crippen molar-refractivity contribution in [2.24, 2.45) is 0 Å². The van der Waals surface area contributed by atoms with Crippen LogP contribution in [0.15, 0.2) is 6.33 Å². The second kappa shape index (κ2) is 6.68. The largest absolute Gasteiger partial charge is 0.376 e. The quantitative estimate of drug-likeness (QED) is 0.730. The molecule has 1 atom stereocenters. The summed E-state index contributed by atoms with van der Waals surface area (Å²) in [5.74, 6) is 1.31. The van der Waals surface area contributed by atoms with Gasteiger partial charge in [0.25, 0.3) is 0 Å². The van der Waals surface area contributed by atoms with Crippen molar-refractivity contribution in [2.75, 3.05) is 43.5 Å². The number of H-pyrrole nitrogens is 1. The minimum atomic E-state index is 0.0405. The van der Waals surface area contributed by atoms with Crippen LogP contribution in [-0.2, 0) is 9.47 Å². The minimum absolute atomic E-state index is 0.0405. The Balaban J connectivity index is 1.73. The number of aromatic amines is 1. The number of fused-ring (bicyclic) bond motifs is 1. The van der Waals surface area contributed by atoms with Crippen LogP contribution in [0.1, 0.15) is 13.3 Å². The summed E-state index contributed by atoms with van der Waals surface area (Å²) in [5, 5.41) is 6.48. The molecule has 3 rings (SSSR count). The molecule has 3 heterocycles. The van der Waals surface area contributed by atoms with Gasteiger partial charge in [-0.15, -0.1) is 0 Å². The highest BCUT2D eigenvalue weighted by atomic mass is 16.6. The Morgan fingerprint density at radius 3 is 3.10 bits per heavy atom. The summed E-state index contributed by atoms with van der Waals surface area (Å²) in [6, 6.07) is 0. The van der Waals surface area contributed by atoms with Gasteiger partial charge in [0.15, 0.2) is 11.5 Å². The molecule has 1 fully saturated rings. The van der Waals surface area contributed by atoms with E-state index in [1.165, 1.54) is 0 Å². The maximum atomic E-state index is 5.62. The molecule has 8 heteroatoms. The van der Waals surface area contributed by atoms with Crippen molar-refractivity contribution >= 4 is 22.9 Å². The predicted octanol–water partition coefficient (Wildman–Crippen LogP) is 1.00. The van der Waals surface area contributed by atoms with E-state index in [9.17, 15) is 0 Å². The van der Waals surface area contributed by atoms with E-state index in [0.29, 0.717) is 38.0 Å². The van der Waals surface area contributed by atoms with Crippen LogP contribution in [0.2, 0.25) is 0 Å². The molecule has 0 spiro atoms. The summed E-state index contributed by atoms with van der Waals surface area (Å²) in [4.78, 5) is 16.1. The number of aromatic nitrogens is 4. The van der Waals surface area contributed by atoms with Gasteiger partial charge < -0.3 is 25.1 Å². The second-order valence-electron chi connectivity index (χ2n) is 4.87. The molecule has 0 bridgehead atoms. The van der Waals surface area contributed by atoms with Gasteiger partial charge in [-0.05, 0) is 6.42 Å². The number of nitrogens with zero attached hydrogens (tertiary/aromatic N) is 3. The Bertz CT molecular complexity index is 581. The molecule has 21 heavy (non-hydrogen) atoms. The van der Waals surface area contributed by atoms with Crippen molar-refractivity contribution in [1.82, 2.24) is 19.9 Å². The van der Waals surface area contributed by atoms with Crippen LogP contribution in [0, 0.1) is 0 Å². The van der Waals surface area contributed by atoms with E-state index in [0.717, 1.165) is 24.3 Å². The fourth-order valence-corrected chi connectivity index (χ4v) is 2.14. The first kappa shape index (κ1) is 14.0. The minimum Gasteiger partial charge on any atom is -0.376 e. The number of hydrogen-bond acceptors (Lipinski definition) is 7. The van der Waals surface area contributed by atoms with Crippen LogP contribution >= 0.6 is 0 Å². The van der Waals surface area contributed by atoms with Crippen molar-refractivity contribution in [1.29, 1.82) is 0 Å². The second-order valence-corrected chi connectivity index (χ2v) is 4.87. The van der Waals surface area contributed by atoms with Gasteiger partial charge in [-0.1, -0.05) is 6.92 Å². The SMILES string of the molecule is CCCNc1nc(NCC2COCCO2)c2[nH]cnc2n1. The summed E-state index contributed by atoms with van der Waals surface area (Å²) in [6.07, 6.45) is 2.67. The van der Waals surface area contributed by atoms with Gasteiger partial charge in [-0.2, -0.15) is 9.97 Å². The monoisotopic (exact) mass is 292 g/mol. The summed E-state index contributed by atoms with van der Waals surface area (Å²) < 4.78 is 11.0. The van der Waals surface area contributed by atoms with E-state index < -0.39 is 0 Å². The van der Waals surface area contributed by atoms with Crippen LogP contribution in [0.4, 0.5) is 11.8 Å².